The molecule has 0 heterocycles. The summed E-state index contributed by atoms with van der Waals surface area (Å²) in [5, 5.41) is 0. The molecule has 0 aliphatic heterocycles. The van der Waals surface area contributed by atoms with Crippen molar-refractivity contribution in [2.24, 2.45) is 5.73 Å². The lowest BCUT2D eigenvalue weighted by atomic mass is 9.88. The molecule has 0 unspecified atom stereocenters. The summed E-state index contributed by atoms with van der Waals surface area (Å²) in [5.41, 5.74) is 6.99. The molecule has 0 fully saturated rings. The van der Waals surface area contributed by atoms with Crippen LogP contribution in [0, 0.1) is 11.6 Å². The molecule has 0 aromatic heterocycles. The van der Waals surface area contributed by atoms with Gasteiger partial charge in [-0.05, 0) is 36.5 Å². The zero-order valence-electron chi connectivity index (χ0n) is 7.19. The minimum atomic E-state index is -0.534. The molecule has 2 rings (SSSR count). The van der Waals surface area contributed by atoms with Crippen molar-refractivity contribution in [1.82, 2.24) is 0 Å². The van der Waals surface area contributed by atoms with Gasteiger partial charge in [0.2, 0.25) is 0 Å². The maximum absolute atomic E-state index is 13.2. The second-order valence-electron chi connectivity index (χ2n) is 3.45. The van der Waals surface area contributed by atoms with Gasteiger partial charge in [0.15, 0.2) is 0 Å². The largest absolute Gasteiger partial charge is 0.324 e. The van der Waals surface area contributed by atoms with Gasteiger partial charge in [0, 0.05) is 12.1 Å². The third-order valence-corrected chi connectivity index (χ3v) is 2.54. The third kappa shape index (κ3) is 1.44. The van der Waals surface area contributed by atoms with Gasteiger partial charge in [0.1, 0.15) is 11.6 Å². The first-order chi connectivity index (χ1) is 6.18. The van der Waals surface area contributed by atoms with Gasteiger partial charge in [-0.25, -0.2) is 8.78 Å². The summed E-state index contributed by atoms with van der Waals surface area (Å²) in [5.74, 6) is -0.987. The van der Waals surface area contributed by atoms with E-state index < -0.39 is 11.6 Å². The van der Waals surface area contributed by atoms with Gasteiger partial charge in [0.25, 0.3) is 0 Å². The first-order valence-electron chi connectivity index (χ1n) is 4.42. The molecule has 0 amide bonds. The number of halogens is 2. The van der Waals surface area contributed by atoms with Gasteiger partial charge in [0.05, 0.1) is 0 Å². The number of nitrogens with two attached hydrogens (primary N) is 1. The Morgan fingerprint density at radius 3 is 2.85 bits per heavy atom. The molecule has 1 aromatic carbocycles. The minimum Gasteiger partial charge on any atom is -0.324 e. The normalized spacial score (nSPS) is 21.3. The molecule has 0 saturated heterocycles. The standard InChI is InChI=1S/C10H11F2N/c11-6-4-8-7(9(12)5-6)2-1-3-10(8)13/h4-5,10H,1-3,13H2/t10-/m1/s1. The Kier molecular flexibility index (Phi) is 2.04. The van der Waals surface area contributed by atoms with Crippen molar-refractivity contribution >= 4 is 0 Å². The number of rotatable bonds is 0. The fraction of sp³-hybridized carbons (Fsp3) is 0.400. The summed E-state index contributed by atoms with van der Waals surface area (Å²) in [4.78, 5) is 0. The summed E-state index contributed by atoms with van der Waals surface area (Å²) in [7, 11) is 0. The Balaban J connectivity index is 2.56. The fourth-order valence-electron chi connectivity index (χ4n) is 1.87. The predicted octanol–water partition coefficient (Wildman–Crippen LogP) is 2.30. The molecule has 0 bridgehead atoms. The van der Waals surface area contributed by atoms with E-state index in [0.29, 0.717) is 17.5 Å². The highest BCUT2D eigenvalue weighted by Crippen LogP contribution is 2.30. The highest BCUT2D eigenvalue weighted by molar-refractivity contribution is 5.33. The van der Waals surface area contributed by atoms with Gasteiger partial charge in [-0.2, -0.15) is 0 Å². The van der Waals surface area contributed by atoms with Crippen molar-refractivity contribution in [2.75, 3.05) is 0 Å². The smallest absolute Gasteiger partial charge is 0.129 e. The van der Waals surface area contributed by atoms with Crippen LogP contribution in [0.25, 0.3) is 0 Å². The van der Waals surface area contributed by atoms with Crippen LogP contribution >= 0.6 is 0 Å². The summed E-state index contributed by atoms with van der Waals surface area (Å²) in [6.45, 7) is 0. The first-order valence-corrected chi connectivity index (χ1v) is 4.42. The number of benzene rings is 1. The molecular formula is C10H11F2N. The molecule has 13 heavy (non-hydrogen) atoms. The van der Waals surface area contributed by atoms with Crippen molar-refractivity contribution in [1.29, 1.82) is 0 Å². The lowest BCUT2D eigenvalue weighted by molar-refractivity contribution is 0.513. The van der Waals surface area contributed by atoms with Crippen LogP contribution in [-0.4, -0.2) is 0 Å². The molecule has 2 N–H and O–H groups in total. The Morgan fingerprint density at radius 1 is 1.31 bits per heavy atom. The van der Waals surface area contributed by atoms with Crippen LogP contribution < -0.4 is 5.73 Å². The van der Waals surface area contributed by atoms with Crippen molar-refractivity contribution in [3.8, 4) is 0 Å². The first kappa shape index (κ1) is 8.63. The second-order valence-corrected chi connectivity index (χ2v) is 3.45. The van der Waals surface area contributed by atoms with Gasteiger partial charge in [-0.15, -0.1) is 0 Å². The lowest BCUT2D eigenvalue weighted by Gasteiger charge is -2.22. The van der Waals surface area contributed by atoms with E-state index in [2.05, 4.69) is 0 Å². The zero-order valence-corrected chi connectivity index (χ0v) is 7.19. The van der Waals surface area contributed by atoms with E-state index in [1.54, 1.807) is 0 Å². The Bertz CT molecular complexity index is 336. The number of fused-ring (bicyclic) bond motifs is 1. The maximum Gasteiger partial charge on any atom is 0.129 e. The summed E-state index contributed by atoms with van der Waals surface area (Å²) in [6, 6.07) is 2.08. The van der Waals surface area contributed by atoms with Crippen molar-refractivity contribution in [3.05, 3.63) is 34.9 Å². The van der Waals surface area contributed by atoms with Gasteiger partial charge in [-0.3, -0.25) is 0 Å². The van der Waals surface area contributed by atoms with Crippen molar-refractivity contribution < 1.29 is 8.78 Å². The molecule has 0 saturated carbocycles. The predicted molar refractivity (Wildman–Crippen MR) is 46.2 cm³/mol. The van der Waals surface area contributed by atoms with E-state index >= 15 is 0 Å². The highest BCUT2D eigenvalue weighted by atomic mass is 19.1. The Hall–Kier alpha value is -0.960. The van der Waals surface area contributed by atoms with Gasteiger partial charge >= 0.3 is 0 Å². The van der Waals surface area contributed by atoms with E-state index in [0.717, 1.165) is 18.9 Å². The Morgan fingerprint density at radius 2 is 2.08 bits per heavy atom. The van der Waals surface area contributed by atoms with Crippen LogP contribution in [0.2, 0.25) is 0 Å². The van der Waals surface area contributed by atoms with Crippen LogP contribution in [-0.2, 0) is 6.42 Å². The molecule has 0 radical (unpaired) electrons. The summed E-state index contributed by atoms with van der Waals surface area (Å²) in [6.07, 6.45) is 2.38. The minimum absolute atomic E-state index is 0.200. The van der Waals surface area contributed by atoms with Gasteiger partial charge in [-0.1, -0.05) is 0 Å². The van der Waals surface area contributed by atoms with Gasteiger partial charge < -0.3 is 5.73 Å². The topological polar surface area (TPSA) is 26.0 Å². The quantitative estimate of drug-likeness (QED) is 0.656. The lowest BCUT2D eigenvalue weighted by Crippen LogP contribution is -2.18. The molecule has 0 spiro atoms. The average Bonchev–Trinajstić information content (AvgIpc) is 2.07. The second kappa shape index (κ2) is 3.07. The molecule has 1 aliphatic rings. The molecule has 1 nitrogen and oxygen atoms in total. The molecule has 3 heteroatoms. The van der Waals surface area contributed by atoms with Crippen LogP contribution in [0.3, 0.4) is 0 Å². The fourth-order valence-corrected chi connectivity index (χ4v) is 1.87. The van der Waals surface area contributed by atoms with Crippen LogP contribution in [0.4, 0.5) is 8.78 Å². The summed E-state index contributed by atoms with van der Waals surface area (Å²) < 4.78 is 26.0. The van der Waals surface area contributed by atoms with E-state index in [9.17, 15) is 8.78 Å². The monoisotopic (exact) mass is 183 g/mol. The highest BCUT2D eigenvalue weighted by Gasteiger charge is 2.20. The molecule has 1 atom stereocenters. The van der Waals surface area contributed by atoms with E-state index in [4.69, 9.17) is 5.73 Å². The van der Waals surface area contributed by atoms with Crippen LogP contribution in [0.15, 0.2) is 12.1 Å². The molecule has 1 aliphatic carbocycles. The zero-order chi connectivity index (χ0) is 9.42. The number of hydrogen-bond acceptors (Lipinski definition) is 1. The van der Waals surface area contributed by atoms with Crippen molar-refractivity contribution in [3.63, 3.8) is 0 Å². The van der Waals surface area contributed by atoms with E-state index in [-0.39, 0.29) is 6.04 Å². The Labute approximate surface area is 75.6 Å². The molecule has 1 aromatic rings. The van der Waals surface area contributed by atoms with Crippen LogP contribution in [0.5, 0.6) is 0 Å². The molecule has 70 valence electrons. The maximum atomic E-state index is 13.2. The average molecular weight is 183 g/mol. The SMILES string of the molecule is N[C@@H]1CCCc2c(F)cc(F)cc21. The summed E-state index contributed by atoms with van der Waals surface area (Å²) >= 11 is 0. The van der Waals surface area contributed by atoms with Crippen LogP contribution in [0.1, 0.15) is 30.0 Å². The molecular weight excluding hydrogens is 172 g/mol. The number of hydrogen-bond donors (Lipinski definition) is 1. The third-order valence-electron chi connectivity index (χ3n) is 2.54. The van der Waals surface area contributed by atoms with E-state index in [1.807, 2.05) is 0 Å². The van der Waals surface area contributed by atoms with Crippen molar-refractivity contribution in [2.45, 2.75) is 25.3 Å². The van der Waals surface area contributed by atoms with E-state index in [1.165, 1.54) is 6.07 Å².